The molecule has 0 bridgehead atoms. The Balaban J connectivity index is 1.82. The molecule has 1 amide bonds. The maximum atomic E-state index is 12.5. The van der Waals surface area contributed by atoms with Gasteiger partial charge in [0.1, 0.15) is 5.69 Å². The number of hydrogen-bond donors (Lipinski definition) is 2. The van der Waals surface area contributed by atoms with Crippen LogP contribution in [0.2, 0.25) is 0 Å². The van der Waals surface area contributed by atoms with Gasteiger partial charge in [0, 0.05) is 11.4 Å². The number of H-pyrrole nitrogens is 1. The minimum Gasteiger partial charge on any atom is -0.351 e. The van der Waals surface area contributed by atoms with E-state index in [1.807, 2.05) is 54.6 Å². The quantitative estimate of drug-likeness (QED) is 0.667. The smallest absolute Gasteiger partial charge is 0.272 e. The Morgan fingerprint density at radius 1 is 0.958 bits per heavy atom. The van der Waals surface area contributed by atoms with Gasteiger partial charge in [0.25, 0.3) is 5.91 Å². The molecule has 0 aliphatic rings. The van der Waals surface area contributed by atoms with Crippen LogP contribution in [-0.4, -0.2) is 10.9 Å². The molecule has 24 heavy (non-hydrogen) atoms. The van der Waals surface area contributed by atoms with Crippen molar-refractivity contribution in [2.75, 3.05) is 5.32 Å². The number of benzene rings is 2. The predicted octanol–water partition coefficient (Wildman–Crippen LogP) is 5.37. The van der Waals surface area contributed by atoms with Crippen LogP contribution in [0.1, 0.15) is 41.4 Å². The molecule has 2 aromatic carbocycles. The molecule has 3 aromatic rings. The van der Waals surface area contributed by atoms with E-state index in [9.17, 15) is 4.79 Å². The van der Waals surface area contributed by atoms with Gasteiger partial charge in [-0.2, -0.15) is 0 Å². The highest BCUT2D eigenvalue weighted by molar-refractivity contribution is 6.04. The van der Waals surface area contributed by atoms with Gasteiger partial charge in [-0.05, 0) is 47.7 Å². The minimum absolute atomic E-state index is 0.124. The van der Waals surface area contributed by atoms with Gasteiger partial charge in [-0.1, -0.05) is 56.3 Å². The molecule has 3 rings (SSSR count). The summed E-state index contributed by atoms with van der Waals surface area (Å²) in [6.07, 6.45) is 0. The van der Waals surface area contributed by atoms with Gasteiger partial charge in [0.2, 0.25) is 0 Å². The lowest BCUT2D eigenvalue weighted by atomic mass is 9.97. The van der Waals surface area contributed by atoms with Gasteiger partial charge in [0.15, 0.2) is 0 Å². The molecule has 1 aromatic heterocycles. The molecule has 2 N–H and O–H groups in total. The molecule has 0 saturated heterocycles. The van der Waals surface area contributed by atoms with E-state index in [4.69, 9.17) is 0 Å². The van der Waals surface area contributed by atoms with Crippen LogP contribution in [0.3, 0.4) is 0 Å². The van der Waals surface area contributed by atoms with Crippen molar-refractivity contribution in [3.05, 3.63) is 77.5 Å². The fraction of sp³-hybridized carbons (Fsp3) is 0.190. The summed E-state index contributed by atoms with van der Waals surface area (Å²) in [7, 11) is 0. The Bertz CT molecular complexity index is 847. The number of carbonyl (C=O) groups excluding carboxylic acids is 1. The van der Waals surface area contributed by atoms with Crippen molar-refractivity contribution in [3.63, 3.8) is 0 Å². The van der Waals surface area contributed by atoms with Crippen LogP contribution < -0.4 is 5.32 Å². The van der Waals surface area contributed by atoms with E-state index in [0.717, 1.165) is 22.5 Å². The van der Waals surface area contributed by atoms with Gasteiger partial charge in [-0.15, -0.1) is 0 Å². The number of rotatable bonds is 4. The first-order valence-corrected chi connectivity index (χ1v) is 8.21. The first-order chi connectivity index (χ1) is 11.6. The second-order valence-electron chi connectivity index (χ2n) is 6.28. The maximum Gasteiger partial charge on any atom is 0.272 e. The fourth-order valence-corrected chi connectivity index (χ4v) is 2.92. The van der Waals surface area contributed by atoms with Crippen molar-refractivity contribution in [2.45, 2.75) is 26.7 Å². The van der Waals surface area contributed by atoms with Crippen LogP contribution in [0.15, 0.2) is 60.7 Å². The van der Waals surface area contributed by atoms with E-state index in [1.165, 1.54) is 5.56 Å². The zero-order chi connectivity index (χ0) is 17.1. The van der Waals surface area contributed by atoms with Crippen LogP contribution in [0.25, 0.3) is 11.3 Å². The molecule has 0 fully saturated rings. The third-order valence-electron chi connectivity index (χ3n) is 4.26. The molecule has 0 atom stereocenters. The van der Waals surface area contributed by atoms with Crippen LogP contribution in [0.5, 0.6) is 0 Å². The summed E-state index contributed by atoms with van der Waals surface area (Å²) in [4.78, 5) is 15.7. The van der Waals surface area contributed by atoms with Gasteiger partial charge in [0.05, 0.1) is 0 Å². The lowest BCUT2D eigenvalue weighted by Gasteiger charge is -2.14. The standard InChI is InChI=1S/C21H22N2O/c1-14(2)17-10-7-11-18(15(17)3)23-21(24)20-13-12-19(22-20)16-8-5-4-6-9-16/h4-14,22H,1-3H3,(H,23,24). The molecule has 0 radical (unpaired) electrons. The van der Waals surface area contributed by atoms with Crippen molar-refractivity contribution < 1.29 is 4.79 Å². The zero-order valence-electron chi connectivity index (χ0n) is 14.3. The van der Waals surface area contributed by atoms with Crippen LogP contribution in [0.4, 0.5) is 5.69 Å². The molecule has 122 valence electrons. The summed E-state index contributed by atoms with van der Waals surface area (Å²) in [6, 6.07) is 19.8. The van der Waals surface area contributed by atoms with Crippen LogP contribution in [0, 0.1) is 6.92 Å². The number of carbonyl (C=O) groups is 1. The number of aromatic amines is 1. The van der Waals surface area contributed by atoms with Crippen molar-refractivity contribution >= 4 is 11.6 Å². The fourth-order valence-electron chi connectivity index (χ4n) is 2.92. The number of hydrogen-bond acceptors (Lipinski definition) is 1. The summed E-state index contributed by atoms with van der Waals surface area (Å²) >= 11 is 0. The third kappa shape index (κ3) is 3.25. The topological polar surface area (TPSA) is 44.9 Å². The van der Waals surface area contributed by atoms with E-state index in [-0.39, 0.29) is 5.91 Å². The van der Waals surface area contributed by atoms with E-state index in [2.05, 4.69) is 37.1 Å². The normalized spacial score (nSPS) is 10.8. The van der Waals surface area contributed by atoms with Gasteiger partial charge in [-0.25, -0.2) is 0 Å². The third-order valence-corrected chi connectivity index (χ3v) is 4.26. The van der Waals surface area contributed by atoms with E-state index >= 15 is 0 Å². The van der Waals surface area contributed by atoms with Gasteiger partial charge >= 0.3 is 0 Å². The van der Waals surface area contributed by atoms with E-state index in [0.29, 0.717) is 11.6 Å². The molecular formula is C21H22N2O. The SMILES string of the molecule is Cc1c(NC(=O)c2ccc(-c3ccccc3)[nH]2)cccc1C(C)C. The van der Waals surface area contributed by atoms with Gasteiger partial charge < -0.3 is 10.3 Å². The Hall–Kier alpha value is -2.81. The molecule has 1 heterocycles. The lowest BCUT2D eigenvalue weighted by Crippen LogP contribution is -2.13. The van der Waals surface area contributed by atoms with Crippen LogP contribution >= 0.6 is 0 Å². The van der Waals surface area contributed by atoms with Crippen LogP contribution in [-0.2, 0) is 0 Å². The molecule has 0 unspecified atom stereocenters. The second kappa shape index (κ2) is 6.75. The summed E-state index contributed by atoms with van der Waals surface area (Å²) in [6.45, 7) is 6.37. The Morgan fingerprint density at radius 3 is 2.42 bits per heavy atom. The number of nitrogens with one attached hydrogen (secondary N) is 2. The molecular weight excluding hydrogens is 296 g/mol. The van der Waals surface area contributed by atoms with Crippen molar-refractivity contribution in [1.82, 2.24) is 4.98 Å². The first kappa shape index (κ1) is 16.1. The average Bonchev–Trinajstić information content (AvgIpc) is 3.07. The number of anilines is 1. The summed E-state index contributed by atoms with van der Waals surface area (Å²) in [5.74, 6) is 0.304. The molecule has 0 spiro atoms. The van der Waals surface area contributed by atoms with Gasteiger partial charge in [-0.3, -0.25) is 4.79 Å². The largest absolute Gasteiger partial charge is 0.351 e. The first-order valence-electron chi connectivity index (χ1n) is 8.21. The van der Waals surface area contributed by atoms with E-state index < -0.39 is 0 Å². The molecule has 3 nitrogen and oxygen atoms in total. The Kier molecular flexibility index (Phi) is 4.52. The molecule has 0 aliphatic heterocycles. The van der Waals surface area contributed by atoms with E-state index in [1.54, 1.807) is 0 Å². The Labute approximate surface area is 142 Å². The summed E-state index contributed by atoms with van der Waals surface area (Å²) in [5.41, 5.74) is 5.80. The average molecular weight is 318 g/mol. The monoisotopic (exact) mass is 318 g/mol. The number of amides is 1. The lowest BCUT2D eigenvalue weighted by molar-refractivity contribution is 0.102. The summed E-state index contributed by atoms with van der Waals surface area (Å²) < 4.78 is 0. The zero-order valence-corrected chi connectivity index (χ0v) is 14.3. The Morgan fingerprint density at radius 2 is 1.71 bits per heavy atom. The van der Waals surface area contributed by atoms with Crippen molar-refractivity contribution in [2.24, 2.45) is 0 Å². The molecule has 3 heteroatoms. The molecule has 0 aliphatic carbocycles. The van der Waals surface area contributed by atoms with Crippen molar-refractivity contribution in [1.29, 1.82) is 0 Å². The predicted molar refractivity (Wildman–Crippen MR) is 99.4 cm³/mol. The van der Waals surface area contributed by atoms with Crippen molar-refractivity contribution in [3.8, 4) is 11.3 Å². The highest BCUT2D eigenvalue weighted by Crippen LogP contribution is 2.26. The second-order valence-corrected chi connectivity index (χ2v) is 6.28. The maximum absolute atomic E-state index is 12.5. The highest BCUT2D eigenvalue weighted by Gasteiger charge is 2.13. The highest BCUT2D eigenvalue weighted by atomic mass is 16.1. The summed E-state index contributed by atoms with van der Waals surface area (Å²) in [5, 5.41) is 3.02. The molecule has 0 saturated carbocycles. The number of aromatic nitrogens is 1. The minimum atomic E-state index is -0.124.